The molecular weight excluding hydrogens is 306 g/mol. The van der Waals surface area contributed by atoms with Crippen LogP contribution in [-0.4, -0.2) is 17.4 Å². The molecule has 1 aliphatic rings. The minimum atomic E-state index is -0.0343. The Morgan fingerprint density at radius 2 is 2.16 bits per heavy atom. The summed E-state index contributed by atoms with van der Waals surface area (Å²) in [5.74, 6) is 0.723. The number of anilines is 3. The maximum atomic E-state index is 11.8. The average Bonchev–Trinajstić information content (AvgIpc) is 2.38. The lowest BCUT2D eigenvalue weighted by molar-refractivity contribution is -0.115. The van der Waals surface area contributed by atoms with Crippen LogP contribution in [0.5, 0.6) is 0 Å². The van der Waals surface area contributed by atoms with E-state index in [1.54, 1.807) is 6.20 Å². The molecule has 0 spiro atoms. The fourth-order valence-electron chi connectivity index (χ4n) is 2.15. The van der Waals surface area contributed by atoms with E-state index in [0.717, 1.165) is 27.2 Å². The molecule has 19 heavy (non-hydrogen) atoms. The molecule has 0 unspecified atom stereocenters. The summed E-state index contributed by atoms with van der Waals surface area (Å²) in [5, 5.41) is 2.87. The van der Waals surface area contributed by atoms with Gasteiger partial charge in [0.25, 0.3) is 0 Å². The first-order valence-corrected chi connectivity index (χ1v) is 6.73. The second kappa shape index (κ2) is 4.66. The van der Waals surface area contributed by atoms with E-state index in [2.05, 4.69) is 26.2 Å². The van der Waals surface area contributed by atoms with Crippen LogP contribution >= 0.6 is 15.9 Å². The molecule has 1 aliphatic heterocycles. The van der Waals surface area contributed by atoms with Gasteiger partial charge in [0.05, 0.1) is 15.8 Å². The normalized spacial score (nSPS) is 14.0. The zero-order valence-corrected chi connectivity index (χ0v) is 11.9. The maximum absolute atomic E-state index is 11.8. The first-order valence-electron chi connectivity index (χ1n) is 5.94. The summed E-state index contributed by atoms with van der Waals surface area (Å²) in [4.78, 5) is 18.1. The summed E-state index contributed by atoms with van der Waals surface area (Å²) in [7, 11) is 0. The van der Waals surface area contributed by atoms with Crippen molar-refractivity contribution in [3.05, 3.63) is 46.6 Å². The minimum Gasteiger partial charge on any atom is -0.323 e. The molecule has 3 rings (SSSR count). The monoisotopic (exact) mass is 317 g/mol. The zero-order chi connectivity index (χ0) is 13.4. The molecule has 0 radical (unpaired) electrons. The van der Waals surface area contributed by atoms with Crippen LogP contribution in [0, 0.1) is 6.92 Å². The van der Waals surface area contributed by atoms with Crippen molar-refractivity contribution < 1.29 is 4.79 Å². The van der Waals surface area contributed by atoms with Crippen molar-refractivity contribution in [2.24, 2.45) is 0 Å². The summed E-state index contributed by atoms with van der Waals surface area (Å²) < 4.78 is 0.886. The Labute approximate surface area is 119 Å². The summed E-state index contributed by atoms with van der Waals surface area (Å²) in [6, 6.07) is 9.72. The SMILES string of the molecule is Cc1cnc(N2CC(=O)Nc3ccccc32)c(Br)c1. The van der Waals surface area contributed by atoms with Gasteiger partial charge in [-0.05, 0) is 46.6 Å². The largest absolute Gasteiger partial charge is 0.323 e. The third-order valence-corrected chi connectivity index (χ3v) is 3.57. The van der Waals surface area contributed by atoms with Crippen molar-refractivity contribution in [1.29, 1.82) is 0 Å². The van der Waals surface area contributed by atoms with Gasteiger partial charge in [-0.3, -0.25) is 4.79 Å². The van der Waals surface area contributed by atoms with Crippen molar-refractivity contribution in [3.63, 3.8) is 0 Å². The third kappa shape index (κ3) is 2.21. The Kier molecular flexibility index (Phi) is 2.98. The van der Waals surface area contributed by atoms with Gasteiger partial charge in [-0.1, -0.05) is 12.1 Å². The van der Waals surface area contributed by atoms with Gasteiger partial charge in [-0.15, -0.1) is 0 Å². The van der Waals surface area contributed by atoms with Gasteiger partial charge in [-0.25, -0.2) is 4.98 Å². The van der Waals surface area contributed by atoms with Crippen molar-refractivity contribution in [1.82, 2.24) is 4.98 Å². The van der Waals surface area contributed by atoms with Gasteiger partial charge in [0.2, 0.25) is 5.91 Å². The van der Waals surface area contributed by atoms with Crippen LogP contribution in [0.15, 0.2) is 41.0 Å². The van der Waals surface area contributed by atoms with Crippen molar-refractivity contribution in [2.45, 2.75) is 6.92 Å². The van der Waals surface area contributed by atoms with E-state index in [9.17, 15) is 4.79 Å². The molecule has 96 valence electrons. The molecule has 2 aromatic rings. The quantitative estimate of drug-likeness (QED) is 0.878. The van der Waals surface area contributed by atoms with Crippen molar-refractivity contribution >= 4 is 39.0 Å². The molecule has 1 amide bonds. The van der Waals surface area contributed by atoms with Crippen LogP contribution in [0.1, 0.15) is 5.56 Å². The van der Waals surface area contributed by atoms with E-state index < -0.39 is 0 Å². The van der Waals surface area contributed by atoms with E-state index in [4.69, 9.17) is 0 Å². The number of carbonyl (C=O) groups excluding carboxylic acids is 1. The number of benzene rings is 1. The number of aryl methyl sites for hydroxylation is 1. The Morgan fingerprint density at radius 3 is 2.95 bits per heavy atom. The second-order valence-corrected chi connectivity index (χ2v) is 5.32. The highest BCUT2D eigenvalue weighted by Crippen LogP contribution is 2.36. The first kappa shape index (κ1) is 12.2. The third-order valence-electron chi connectivity index (χ3n) is 2.98. The molecule has 0 saturated heterocycles. The number of nitrogens with one attached hydrogen (secondary N) is 1. The molecule has 0 saturated carbocycles. The van der Waals surface area contributed by atoms with Crippen LogP contribution < -0.4 is 10.2 Å². The van der Waals surface area contributed by atoms with Gasteiger partial charge in [0.1, 0.15) is 12.4 Å². The Bertz CT molecular complexity index is 657. The number of rotatable bonds is 1. The number of fused-ring (bicyclic) bond motifs is 1. The first-order chi connectivity index (χ1) is 9.15. The smallest absolute Gasteiger partial charge is 0.244 e. The average molecular weight is 318 g/mol. The minimum absolute atomic E-state index is 0.0343. The number of halogens is 1. The van der Waals surface area contributed by atoms with E-state index in [1.165, 1.54) is 0 Å². The Balaban J connectivity index is 2.12. The number of carbonyl (C=O) groups is 1. The predicted octanol–water partition coefficient (Wildman–Crippen LogP) is 3.24. The molecule has 1 aromatic heterocycles. The Morgan fingerprint density at radius 1 is 1.37 bits per heavy atom. The van der Waals surface area contributed by atoms with Gasteiger partial charge < -0.3 is 10.2 Å². The fourth-order valence-corrected chi connectivity index (χ4v) is 2.82. The van der Waals surface area contributed by atoms with Gasteiger partial charge in [0.15, 0.2) is 0 Å². The number of hydrogen-bond acceptors (Lipinski definition) is 3. The van der Waals surface area contributed by atoms with E-state index in [-0.39, 0.29) is 12.5 Å². The van der Waals surface area contributed by atoms with Crippen LogP contribution in [0.3, 0.4) is 0 Å². The van der Waals surface area contributed by atoms with Crippen LogP contribution in [0.4, 0.5) is 17.2 Å². The summed E-state index contributed by atoms with van der Waals surface area (Å²) in [6.45, 7) is 2.25. The van der Waals surface area contributed by atoms with E-state index in [1.807, 2.05) is 42.2 Å². The lowest BCUT2D eigenvalue weighted by Crippen LogP contribution is -2.35. The van der Waals surface area contributed by atoms with Crippen LogP contribution in [-0.2, 0) is 4.79 Å². The van der Waals surface area contributed by atoms with Crippen LogP contribution in [0.25, 0.3) is 0 Å². The predicted molar refractivity (Wildman–Crippen MR) is 78.8 cm³/mol. The van der Waals surface area contributed by atoms with Crippen molar-refractivity contribution in [3.8, 4) is 0 Å². The molecule has 0 atom stereocenters. The molecule has 1 aromatic carbocycles. The number of para-hydroxylation sites is 2. The summed E-state index contributed by atoms with van der Waals surface area (Å²) in [6.07, 6.45) is 1.80. The molecule has 0 aliphatic carbocycles. The maximum Gasteiger partial charge on any atom is 0.244 e. The highest BCUT2D eigenvalue weighted by atomic mass is 79.9. The number of aromatic nitrogens is 1. The molecule has 0 fully saturated rings. The molecule has 0 bridgehead atoms. The molecule has 2 heterocycles. The second-order valence-electron chi connectivity index (χ2n) is 4.47. The number of amides is 1. The molecule has 4 nitrogen and oxygen atoms in total. The van der Waals surface area contributed by atoms with Gasteiger partial charge in [0, 0.05) is 6.20 Å². The zero-order valence-electron chi connectivity index (χ0n) is 10.4. The molecule has 5 heteroatoms. The lowest BCUT2D eigenvalue weighted by Gasteiger charge is -2.30. The van der Waals surface area contributed by atoms with Gasteiger partial charge in [-0.2, -0.15) is 0 Å². The topological polar surface area (TPSA) is 45.2 Å². The number of hydrogen-bond donors (Lipinski definition) is 1. The van der Waals surface area contributed by atoms with E-state index in [0.29, 0.717) is 0 Å². The lowest BCUT2D eigenvalue weighted by atomic mass is 10.2. The summed E-state index contributed by atoms with van der Waals surface area (Å²) >= 11 is 3.52. The standard InChI is InChI=1S/C14H12BrN3O/c1-9-6-10(15)14(16-7-9)18-8-13(19)17-11-4-2-3-5-12(11)18/h2-7H,8H2,1H3,(H,17,19). The fraction of sp³-hybridized carbons (Fsp3) is 0.143. The molecule has 1 N–H and O–H groups in total. The highest BCUT2D eigenvalue weighted by molar-refractivity contribution is 9.10. The number of pyridine rings is 1. The van der Waals surface area contributed by atoms with E-state index >= 15 is 0 Å². The van der Waals surface area contributed by atoms with Gasteiger partial charge >= 0.3 is 0 Å². The number of nitrogens with zero attached hydrogens (tertiary/aromatic N) is 2. The molecular formula is C14H12BrN3O. The summed E-state index contributed by atoms with van der Waals surface area (Å²) in [5.41, 5.74) is 2.84. The van der Waals surface area contributed by atoms with Crippen molar-refractivity contribution in [2.75, 3.05) is 16.8 Å². The Hall–Kier alpha value is -1.88. The van der Waals surface area contributed by atoms with Crippen LogP contribution in [0.2, 0.25) is 0 Å². The highest BCUT2D eigenvalue weighted by Gasteiger charge is 2.24.